The Morgan fingerprint density at radius 1 is 1.39 bits per heavy atom. The van der Waals surface area contributed by atoms with Gasteiger partial charge in [0.15, 0.2) is 11.5 Å². The summed E-state index contributed by atoms with van der Waals surface area (Å²) in [6.45, 7) is 5.87. The van der Waals surface area contributed by atoms with E-state index in [1.807, 2.05) is 45.0 Å². The maximum absolute atomic E-state index is 10.9. The number of ether oxygens (including phenoxy) is 2. The molecule has 0 saturated carbocycles. The van der Waals surface area contributed by atoms with Crippen molar-refractivity contribution in [2.75, 3.05) is 7.11 Å². The molecule has 1 aromatic carbocycles. The number of aldehydes is 1. The number of hydrogen-bond donors (Lipinski definition) is 0. The van der Waals surface area contributed by atoms with E-state index in [9.17, 15) is 4.79 Å². The first kappa shape index (κ1) is 14.3. The Kier molecular flexibility index (Phi) is 5.43. The third-order valence-corrected chi connectivity index (χ3v) is 2.48. The van der Waals surface area contributed by atoms with Crippen molar-refractivity contribution in [3.8, 4) is 11.5 Å². The van der Waals surface area contributed by atoms with Crippen molar-refractivity contribution in [3.05, 3.63) is 29.3 Å². The first-order valence-electron chi connectivity index (χ1n) is 6.11. The van der Waals surface area contributed by atoms with Crippen molar-refractivity contribution < 1.29 is 14.3 Å². The van der Waals surface area contributed by atoms with Gasteiger partial charge >= 0.3 is 0 Å². The van der Waals surface area contributed by atoms with Crippen LogP contribution in [0.15, 0.2) is 23.8 Å². The Bertz CT molecular complexity index is 433. The fourth-order valence-corrected chi connectivity index (χ4v) is 1.59. The summed E-state index contributed by atoms with van der Waals surface area (Å²) in [6.07, 6.45) is 3.46. The molecule has 0 aliphatic carbocycles. The zero-order chi connectivity index (χ0) is 13.5. The predicted molar refractivity (Wildman–Crippen MR) is 73.1 cm³/mol. The second-order valence-corrected chi connectivity index (χ2v) is 4.24. The molecule has 3 nitrogen and oxygen atoms in total. The monoisotopic (exact) mass is 248 g/mol. The van der Waals surface area contributed by atoms with Crippen LogP contribution in [0.3, 0.4) is 0 Å². The van der Waals surface area contributed by atoms with Gasteiger partial charge in [-0.15, -0.1) is 0 Å². The summed E-state index contributed by atoms with van der Waals surface area (Å²) in [5, 5.41) is 0. The summed E-state index contributed by atoms with van der Waals surface area (Å²) in [7, 11) is 1.61. The summed E-state index contributed by atoms with van der Waals surface area (Å²) in [4.78, 5) is 10.9. The lowest BCUT2D eigenvalue weighted by Crippen LogP contribution is -2.08. The van der Waals surface area contributed by atoms with Gasteiger partial charge < -0.3 is 9.47 Å². The highest BCUT2D eigenvalue weighted by Gasteiger charge is 2.11. The van der Waals surface area contributed by atoms with E-state index < -0.39 is 0 Å². The fourth-order valence-electron chi connectivity index (χ4n) is 1.59. The third kappa shape index (κ3) is 3.62. The maximum Gasteiger partial charge on any atom is 0.168 e. The van der Waals surface area contributed by atoms with Crippen LogP contribution in [-0.2, 0) is 4.79 Å². The fraction of sp³-hybridized carbons (Fsp3) is 0.400. The minimum Gasteiger partial charge on any atom is -0.493 e. The molecule has 0 bridgehead atoms. The topological polar surface area (TPSA) is 35.5 Å². The number of rotatable bonds is 6. The van der Waals surface area contributed by atoms with Crippen molar-refractivity contribution in [2.45, 2.75) is 33.3 Å². The molecule has 18 heavy (non-hydrogen) atoms. The Morgan fingerprint density at radius 3 is 2.61 bits per heavy atom. The van der Waals surface area contributed by atoms with Crippen molar-refractivity contribution >= 4 is 12.4 Å². The van der Waals surface area contributed by atoms with E-state index >= 15 is 0 Å². The molecule has 0 N–H and O–H groups in total. The molecular formula is C15H20O3. The molecule has 0 saturated heterocycles. The molecule has 0 heterocycles. The summed E-state index contributed by atoms with van der Waals surface area (Å²) in [5.74, 6) is 1.36. The zero-order valence-electron chi connectivity index (χ0n) is 11.4. The lowest BCUT2D eigenvalue weighted by atomic mass is 10.1. The van der Waals surface area contributed by atoms with E-state index in [0.717, 1.165) is 17.4 Å². The maximum atomic E-state index is 10.9. The summed E-state index contributed by atoms with van der Waals surface area (Å²) in [5.41, 5.74) is 1.60. The SMILES string of the molecule is CCC(C=O)=Cc1cccc(OC)c1OC(C)C. The van der Waals surface area contributed by atoms with Crippen LogP contribution in [0.25, 0.3) is 6.08 Å². The molecule has 0 spiro atoms. The number of carbonyl (C=O) groups excluding carboxylic acids is 1. The van der Waals surface area contributed by atoms with Crippen LogP contribution in [0.2, 0.25) is 0 Å². The van der Waals surface area contributed by atoms with E-state index in [1.165, 1.54) is 0 Å². The number of hydrogen-bond acceptors (Lipinski definition) is 3. The smallest absolute Gasteiger partial charge is 0.168 e. The summed E-state index contributed by atoms with van der Waals surface area (Å²) >= 11 is 0. The molecule has 0 aliphatic heterocycles. The Labute approximate surface area is 108 Å². The van der Waals surface area contributed by atoms with Gasteiger partial charge in [0.2, 0.25) is 0 Å². The second-order valence-electron chi connectivity index (χ2n) is 4.24. The molecule has 1 rings (SSSR count). The highest BCUT2D eigenvalue weighted by molar-refractivity contribution is 5.83. The predicted octanol–water partition coefficient (Wildman–Crippen LogP) is 3.47. The van der Waals surface area contributed by atoms with E-state index in [1.54, 1.807) is 7.11 Å². The van der Waals surface area contributed by atoms with Crippen LogP contribution in [0, 0.1) is 0 Å². The Balaban J connectivity index is 3.25. The van der Waals surface area contributed by atoms with Gasteiger partial charge in [0.05, 0.1) is 13.2 Å². The van der Waals surface area contributed by atoms with Crippen LogP contribution in [0.1, 0.15) is 32.8 Å². The number of benzene rings is 1. The van der Waals surface area contributed by atoms with Gasteiger partial charge in [0, 0.05) is 5.56 Å². The minimum atomic E-state index is 0.0507. The van der Waals surface area contributed by atoms with Crippen molar-refractivity contribution in [1.29, 1.82) is 0 Å². The highest BCUT2D eigenvalue weighted by atomic mass is 16.5. The van der Waals surface area contributed by atoms with E-state index in [-0.39, 0.29) is 6.10 Å². The van der Waals surface area contributed by atoms with Gasteiger partial charge in [0.1, 0.15) is 6.29 Å². The molecule has 0 unspecified atom stereocenters. The molecule has 0 fully saturated rings. The van der Waals surface area contributed by atoms with Gasteiger partial charge in [0.25, 0.3) is 0 Å². The van der Waals surface area contributed by atoms with Crippen molar-refractivity contribution in [3.63, 3.8) is 0 Å². The molecule has 0 atom stereocenters. The number of allylic oxidation sites excluding steroid dienone is 1. The lowest BCUT2D eigenvalue weighted by molar-refractivity contribution is -0.104. The lowest BCUT2D eigenvalue weighted by Gasteiger charge is -2.16. The van der Waals surface area contributed by atoms with Gasteiger partial charge in [-0.25, -0.2) is 0 Å². The van der Waals surface area contributed by atoms with Crippen LogP contribution in [0.5, 0.6) is 11.5 Å². The number of para-hydroxylation sites is 1. The Hall–Kier alpha value is -1.77. The van der Waals surface area contributed by atoms with Gasteiger partial charge in [-0.2, -0.15) is 0 Å². The largest absolute Gasteiger partial charge is 0.493 e. The molecule has 0 radical (unpaired) electrons. The molecular weight excluding hydrogens is 228 g/mol. The van der Waals surface area contributed by atoms with E-state index in [4.69, 9.17) is 9.47 Å². The van der Waals surface area contributed by atoms with Crippen LogP contribution >= 0.6 is 0 Å². The number of carbonyl (C=O) groups is 1. The molecule has 0 aromatic heterocycles. The molecule has 0 amide bonds. The molecule has 0 aliphatic rings. The van der Waals surface area contributed by atoms with Crippen LogP contribution < -0.4 is 9.47 Å². The number of methoxy groups -OCH3 is 1. The van der Waals surface area contributed by atoms with E-state index in [2.05, 4.69) is 0 Å². The Morgan fingerprint density at radius 2 is 2.11 bits per heavy atom. The van der Waals surface area contributed by atoms with Crippen LogP contribution in [0.4, 0.5) is 0 Å². The summed E-state index contributed by atoms with van der Waals surface area (Å²) < 4.78 is 11.1. The van der Waals surface area contributed by atoms with Crippen molar-refractivity contribution in [2.24, 2.45) is 0 Å². The molecule has 1 aromatic rings. The first-order chi connectivity index (χ1) is 8.62. The first-order valence-corrected chi connectivity index (χ1v) is 6.11. The highest BCUT2D eigenvalue weighted by Crippen LogP contribution is 2.33. The average Bonchev–Trinajstić information content (AvgIpc) is 2.36. The zero-order valence-corrected chi connectivity index (χ0v) is 11.4. The quantitative estimate of drug-likeness (QED) is 0.571. The molecule has 3 heteroatoms. The van der Waals surface area contributed by atoms with E-state index in [0.29, 0.717) is 17.9 Å². The van der Waals surface area contributed by atoms with Crippen molar-refractivity contribution in [1.82, 2.24) is 0 Å². The van der Waals surface area contributed by atoms with Gasteiger partial charge in [-0.1, -0.05) is 19.1 Å². The molecule has 98 valence electrons. The van der Waals surface area contributed by atoms with Gasteiger partial charge in [-0.05, 0) is 38.0 Å². The second kappa shape index (κ2) is 6.84. The minimum absolute atomic E-state index is 0.0507. The van der Waals surface area contributed by atoms with Crippen LogP contribution in [-0.4, -0.2) is 19.5 Å². The summed E-state index contributed by atoms with van der Waals surface area (Å²) in [6, 6.07) is 5.65. The average molecular weight is 248 g/mol. The standard InChI is InChI=1S/C15H20O3/c1-5-12(10-16)9-13-7-6-8-14(17-4)15(13)18-11(2)3/h6-11H,5H2,1-4H3. The van der Waals surface area contributed by atoms with Gasteiger partial charge in [-0.3, -0.25) is 4.79 Å². The normalized spacial score (nSPS) is 11.5. The third-order valence-electron chi connectivity index (χ3n) is 2.48.